The molecule has 2 rings (SSSR count). The summed E-state index contributed by atoms with van der Waals surface area (Å²) in [5.41, 5.74) is 3.74. The van der Waals surface area contributed by atoms with Gasteiger partial charge in [-0.1, -0.05) is 13.8 Å². The minimum absolute atomic E-state index is 0.419. The molecular formula is C12H19N3. The Labute approximate surface area is 91.3 Å². The van der Waals surface area contributed by atoms with Crippen molar-refractivity contribution in [3.05, 3.63) is 22.8 Å². The molecule has 1 heterocycles. The van der Waals surface area contributed by atoms with Gasteiger partial charge in [-0.3, -0.25) is 0 Å². The van der Waals surface area contributed by atoms with Gasteiger partial charge in [-0.2, -0.15) is 0 Å². The van der Waals surface area contributed by atoms with E-state index in [0.717, 1.165) is 24.4 Å². The van der Waals surface area contributed by atoms with Crippen molar-refractivity contribution < 1.29 is 0 Å². The van der Waals surface area contributed by atoms with Crippen LogP contribution in [-0.2, 0) is 6.42 Å². The Kier molecular flexibility index (Phi) is 2.74. The first-order chi connectivity index (χ1) is 7.13. The average Bonchev–Trinajstić information content (AvgIpc) is 2.60. The molecule has 3 nitrogen and oxygen atoms in total. The number of nitrogens with zero attached hydrogens (tertiary/aromatic N) is 2. The van der Waals surface area contributed by atoms with Crippen molar-refractivity contribution in [1.82, 2.24) is 15.3 Å². The van der Waals surface area contributed by atoms with Crippen LogP contribution in [0.4, 0.5) is 0 Å². The third-order valence-corrected chi connectivity index (χ3v) is 3.12. The molecule has 82 valence electrons. The van der Waals surface area contributed by atoms with Gasteiger partial charge in [-0.25, -0.2) is 9.97 Å². The quantitative estimate of drug-likeness (QED) is 0.803. The minimum atomic E-state index is 0.419. The maximum atomic E-state index is 4.66. The Hall–Kier alpha value is -0.960. The normalized spacial score (nSPS) is 19.7. The summed E-state index contributed by atoms with van der Waals surface area (Å²) in [4.78, 5) is 9.25. The molecule has 3 heteroatoms. The fourth-order valence-corrected chi connectivity index (χ4v) is 2.28. The zero-order chi connectivity index (χ0) is 11.0. The second-order valence-corrected chi connectivity index (χ2v) is 4.56. The summed E-state index contributed by atoms with van der Waals surface area (Å²) in [6, 6.07) is 0.459. The predicted octanol–water partition coefficient (Wildman–Crippen LogP) is 2.12. The number of fused-ring (bicyclic) bond motifs is 1. The molecule has 0 spiro atoms. The van der Waals surface area contributed by atoms with Gasteiger partial charge in [-0.05, 0) is 26.8 Å². The average molecular weight is 205 g/mol. The van der Waals surface area contributed by atoms with Gasteiger partial charge in [0.2, 0.25) is 0 Å². The molecular weight excluding hydrogens is 186 g/mol. The molecule has 0 amide bonds. The predicted molar refractivity (Wildman–Crippen MR) is 61.0 cm³/mol. The summed E-state index contributed by atoms with van der Waals surface area (Å²) in [5, 5.41) is 3.33. The Morgan fingerprint density at radius 2 is 2.07 bits per heavy atom. The molecule has 1 aromatic heterocycles. The lowest BCUT2D eigenvalue weighted by molar-refractivity contribution is 0.586. The van der Waals surface area contributed by atoms with E-state index in [0.29, 0.717) is 12.0 Å². The van der Waals surface area contributed by atoms with Gasteiger partial charge in [0.05, 0.1) is 0 Å². The van der Waals surface area contributed by atoms with E-state index in [2.05, 4.69) is 36.1 Å². The minimum Gasteiger partial charge on any atom is -0.313 e. The Morgan fingerprint density at radius 3 is 2.67 bits per heavy atom. The first kappa shape index (κ1) is 10.6. The van der Waals surface area contributed by atoms with Crippen LogP contribution in [0.5, 0.6) is 0 Å². The van der Waals surface area contributed by atoms with Gasteiger partial charge >= 0.3 is 0 Å². The number of rotatable bonds is 2. The topological polar surface area (TPSA) is 37.8 Å². The lowest BCUT2D eigenvalue weighted by Crippen LogP contribution is -2.15. The van der Waals surface area contributed by atoms with Gasteiger partial charge in [0, 0.05) is 28.9 Å². The van der Waals surface area contributed by atoms with Crippen molar-refractivity contribution in [3.8, 4) is 0 Å². The maximum absolute atomic E-state index is 4.66. The fourth-order valence-electron chi connectivity index (χ4n) is 2.28. The number of nitrogens with one attached hydrogen (secondary N) is 1. The van der Waals surface area contributed by atoms with Crippen molar-refractivity contribution in [1.29, 1.82) is 0 Å². The highest BCUT2D eigenvalue weighted by atomic mass is 15.0. The van der Waals surface area contributed by atoms with Gasteiger partial charge in [0.1, 0.15) is 5.82 Å². The largest absolute Gasteiger partial charge is 0.313 e. The number of hydrogen-bond donors (Lipinski definition) is 1. The summed E-state index contributed by atoms with van der Waals surface area (Å²) >= 11 is 0. The van der Waals surface area contributed by atoms with Gasteiger partial charge in [-0.15, -0.1) is 0 Å². The smallest absolute Gasteiger partial charge is 0.131 e. The van der Waals surface area contributed by atoms with Gasteiger partial charge in [0.25, 0.3) is 0 Å². The standard InChI is InChI=1S/C12H19N3/c1-7(2)12-14-8(3)11-9(13-4)5-6-10(11)15-12/h7,9,13H,5-6H2,1-4H3. The first-order valence-electron chi connectivity index (χ1n) is 5.68. The van der Waals surface area contributed by atoms with E-state index in [-0.39, 0.29) is 0 Å². The van der Waals surface area contributed by atoms with Crippen LogP contribution in [0, 0.1) is 6.92 Å². The maximum Gasteiger partial charge on any atom is 0.131 e. The van der Waals surface area contributed by atoms with Gasteiger partial charge in [0.15, 0.2) is 0 Å². The molecule has 0 radical (unpaired) electrons. The van der Waals surface area contributed by atoms with E-state index in [1.165, 1.54) is 11.3 Å². The second-order valence-electron chi connectivity index (χ2n) is 4.56. The highest BCUT2D eigenvalue weighted by Gasteiger charge is 2.26. The summed E-state index contributed by atoms with van der Waals surface area (Å²) in [7, 11) is 2.01. The van der Waals surface area contributed by atoms with Crippen molar-refractivity contribution in [2.75, 3.05) is 7.05 Å². The third kappa shape index (κ3) is 1.76. The third-order valence-electron chi connectivity index (χ3n) is 3.12. The molecule has 0 saturated heterocycles. The molecule has 1 aliphatic rings. The highest BCUT2D eigenvalue weighted by Crippen LogP contribution is 2.32. The number of aryl methyl sites for hydroxylation is 2. The first-order valence-corrected chi connectivity index (χ1v) is 5.68. The summed E-state index contributed by atoms with van der Waals surface area (Å²) in [6.45, 7) is 6.39. The summed E-state index contributed by atoms with van der Waals surface area (Å²) < 4.78 is 0. The molecule has 0 fully saturated rings. The van der Waals surface area contributed by atoms with Crippen molar-refractivity contribution >= 4 is 0 Å². The lowest BCUT2D eigenvalue weighted by Gasteiger charge is -2.13. The van der Waals surface area contributed by atoms with E-state index >= 15 is 0 Å². The SMILES string of the molecule is CNC1CCc2nc(C(C)C)nc(C)c21. The monoisotopic (exact) mass is 205 g/mol. The van der Waals surface area contributed by atoms with Crippen molar-refractivity contribution in [3.63, 3.8) is 0 Å². The fraction of sp³-hybridized carbons (Fsp3) is 0.667. The zero-order valence-corrected chi connectivity index (χ0v) is 9.96. The van der Waals surface area contributed by atoms with E-state index in [9.17, 15) is 0 Å². The van der Waals surface area contributed by atoms with Crippen LogP contribution in [0.1, 0.15) is 55.0 Å². The van der Waals surface area contributed by atoms with Crippen molar-refractivity contribution in [2.45, 2.75) is 45.6 Å². The molecule has 0 bridgehead atoms. The molecule has 1 N–H and O–H groups in total. The van der Waals surface area contributed by atoms with Crippen LogP contribution in [0.25, 0.3) is 0 Å². The van der Waals surface area contributed by atoms with Crippen LogP contribution in [0.15, 0.2) is 0 Å². The van der Waals surface area contributed by atoms with Crippen LogP contribution < -0.4 is 5.32 Å². The van der Waals surface area contributed by atoms with Crippen LogP contribution in [0.3, 0.4) is 0 Å². The number of aromatic nitrogens is 2. The molecule has 0 aliphatic heterocycles. The Balaban J connectivity index is 2.46. The molecule has 0 saturated carbocycles. The molecule has 1 aromatic rings. The molecule has 1 atom stereocenters. The molecule has 15 heavy (non-hydrogen) atoms. The second kappa shape index (κ2) is 3.89. The summed E-state index contributed by atoms with van der Waals surface area (Å²) in [6.07, 6.45) is 2.24. The van der Waals surface area contributed by atoms with Gasteiger partial charge < -0.3 is 5.32 Å². The molecule has 0 aromatic carbocycles. The molecule has 1 unspecified atom stereocenters. The van der Waals surface area contributed by atoms with E-state index in [1.807, 2.05) is 7.05 Å². The van der Waals surface area contributed by atoms with E-state index in [1.54, 1.807) is 0 Å². The van der Waals surface area contributed by atoms with Crippen molar-refractivity contribution in [2.24, 2.45) is 0 Å². The highest BCUT2D eigenvalue weighted by molar-refractivity contribution is 5.33. The molecule has 1 aliphatic carbocycles. The number of hydrogen-bond acceptors (Lipinski definition) is 3. The Morgan fingerprint density at radius 1 is 1.33 bits per heavy atom. The van der Waals surface area contributed by atoms with Crippen LogP contribution in [-0.4, -0.2) is 17.0 Å². The van der Waals surface area contributed by atoms with E-state index in [4.69, 9.17) is 0 Å². The van der Waals surface area contributed by atoms with E-state index < -0.39 is 0 Å². The van der Waals surface area contributed by atoms with Crippen LogP contribution in [0.2, 0.25) is 0 Å². The van der Waals surface area contributed by atoms with Crippen LogP contribution >= 0.6 is 0 Å². The zero-order valence-electron chi connectivity index (χ0n) is 9.96. The summed E-state index contributed by atoms with van der Waals surface area (Å²) in [5.74, 6) is 1.41. The lowest BCUT2D eigenvalue weighted by atomic mass is 10.1. The Bertz CT molecular complexity index is 371.